The lowest BCUT2D eigenvalue weighted by atomic mass is 10.1. The zero-order valence-electron chi connectivity index (χ0n) is 15.4. The van der Waals surface area contributed by atoms with E-state index in [0.717, 1.165) is 12.1 Å². The van der Waals surface area contributed by atoms with E-state index in [2.05, 4.69) is 4.74 Å². The fraction of sp³-hybridized carbons (Fsp3) is 0.190. The van der Waals surface area contributed by atoms with Gasteiger partial charge in [0.25, 0.3) is 0 Å². The van der Waals surface area contributed by atoms with Gasteiger partial charge in [0.05, 0.1) is 17.7 Å². The molecule has 0 fully saturated rings. The van der Waals surface area contributed by atoms with Crippen molar-refractivity contribution in [3.8, 4) is 17.2 Å². The van der Waals surface area contributed by atoms with Gasteiger partial charge in [-0.05, 0) is 37.3 Å². The second-order valence-corrected chi connectivity index (χ2v) is 6.54. The minimum absolute atomic E-state index is 0.0846. The van der Waals surface area contributed by atoms with Crippen LogP contribution in [0.4, 0.5) is 13.2 Å². The van der Waals surface area contributed by atoms with Crippen LogP contribution in [0.3, 0.4) is 0 Å². The van der Waals surface area contributed by atoms with E-state index in [4.69, 9.17) is 21.1 Å². The van der Waals surface area contributed by atoms with Gasteiger partial charge in [-0.3, -0.25) is 0 Å². The van der Waals surface area contributed by atoms with Gasteiger partial charge in [0.15, 0.2) is 6.10 Å². The second-order valence-electron chi connectivity index (χ2n) is 6.14. The molecule has 0 radical (unpaired) electrons. The Hall–Kier alpha value is -2.93. The maximum atomic E-state index is 12.8. The summed E-state index contributed by atoms with van der Waals surface area (Å²) in [7, 11) is 1.27. The van der Waals surface area contributed by atoms with Crippen molar-refractivity contribution in [1.29, 1.82) is 0 Å². The molecular weight excluding hydrogens is 409 g/mol. The van der Waals surface area contributed by atoms with Crippen molar-refractivity contribution in [2.75, 3.05) is 7.11 Å². The van der Waals surface area contributed by atoms with Gasteiger partial charge >= 0.3 is 12.1 Å². The molecule has 0 aliphatic carbocycles. The van der Waals surface area contributed by atoms with Crippen molar-refractivity contribution in [1.82, 2.24) is 0 Å². The maximum Gasteiger partial charge on any atom is 0.416 e. The summed E-state index contributed by atoms with van der Waals surface area (Å²) in [4.78, 5) is 11.6. The SMILES string of the molecule is COC(=O)C(C)Oc1cccc2c(Oc3ccc(C(F)(F)F)cc3Cl)cccc12. The Bertz CT molecular complexity index is 1050. The highest BCUT2D eigenvalue weighted by molar-refractivity contribution is 6.32. The van der Waals surface area contributed by atoms with Gasteiger partial charge < -0.3 is 14.2 Å². The molecule has 0 saturated carbocycles. The average Bonchev–Trinajstić information content (AvgIpc) is 2.68. The first-order chi connectivity index (χ1) is 13.7. The monoisotopic (exact) mass is 424 g/mol. The van der Waals surface area contributed by atoms with E-state index in [0.29, 0.717) is 22.3 Å². The number of hydrogen-bond donors (Lipinski definition) is 0. The van der Waals surface area contributed by atoms with Gasteiger partial charge in [0.1, 0.15) is 17.2 Å². The number of esters is 1. The highest BCUT2D eigenvalue weighted by atomic mass is 35.5. The van der Waals surface area contributed by atoms with Crippen LogP contribution in [0, 0.1) is 0 Å². The molecule has 0 bridgehead atoms. The van der Waals surface area contributed by atoms with E-state index in [1.807, 2.05) is 0 Å². The molecule has 0 aliphatic heterocycles. The van der Waals surface area contributed by atoms with Crippen molar-refractivity contribution in [2.45, 2.75) is 19.2 Å². The Labute approximate surface area is 169 Å². The molecule has 29 heavy (non-hydrogen) atoms. The number of methoxy groups -OCH3 is 1. The Morgan fingerprint density at radius 3 is 2.17 bits per heavy atom. The molecule has 1 atom stereocenters. The van der Waals surface area contributed by atoms with Crippen molar-refractivity contribution >= 4 is 28.3 Å². The molecule has 0 spiro atoms. The summed E-state index contributed by atoms with van der Waals surface area (Å²) in [5.41, 5.74) is -0.861. The third-order valence-electron chi connectivity index (χ3n) is 4.16. The topological polar surface area (TPSA) is 44.8 Å². The molecule has 4 nitrogen and oxygen atoms in total. The third-order valence-corrected chi connectivity index (χ3v) is 4.45. The van der Waals surface area contributed by atoms with Crippen molar-refractivity contribution < 1.29 is 32.2 Å². The molecular formula is C21H16ClF3O4. The summed E-state index contributed by atoms with van der Waals surface area (Å²) in [6.45, 7) is 1.56. The number of alkyl halides is 3. The zero-order valence-corrected chi connectivity index (χ0v) is 16.2. The molecule has 0 N–H and O–H groups in total. The second kappa shape index (κ2) is 8.21. The van der Waals surface area contributed by atoms with E-state index < -0.39 is 23.8 Å². The number of rotatable bonds is 5. The van der Waals surface area contributed by atoms with Crippen LogP contribution in [0.5, 0.6) is 17.2 Å². The summed E-state index contributed by atoms with van der Waals surface area (Å²) in [6.07, 6.45) is -5.32. The van der Waals surface area contributed by atoms with E-state index in [-0.39, 0.29) is 10.8 Å². The molecule has 0 heterocycles. The van der Waals surface area contributed by atoms with Crippen LogP contribution < -0.4 is 9.47 Å². The molecule has 3 rings (SSSR count). The summed E-state index contributed by atoms with van der Waals surface area (Å²) in [6, 6.07) is 13.2. The van der Waals surface area contributed by atoms with Crippen LogP contribution >= 0.6 is 11.6 Å². The molecule has 3 aromatic rings. The Morgan fingerprint density at radius 1 is 0.966 bits per heavy atom. The van der Waals surface area contributed by atoms with Crippen LogP contribution in [0.15, 0.2) is 54.6 Å². The Kier molecular flexibility index (Phi) is 5.88. The normalized spacial score (nSPS) is 12.5. The van der Waals surface area contributed by atoms with E-state index in [1.165, 1.54) is 13.2 Å². The molecule has 0 saturated heterocycles. The lowest BCUT2D eigenvalue weighted by Crippen LogP contribution is -2.24. The average molecular weight is 425 g/mol. The molecule has 8 heteroatoms. The van der Waals surface area contributed by atoms with Crippen LogP contribution in [0.25, 0.3) is 10.8 Å². The first-order valence-electron chi connectivity index (χ1n) is 8.51. The minimum atomic E-state index is -4.50. The largest absolute Gasteiger partial charge is 0.478 e. The van der Waals surface area contributed by atoms with Crippen LogP contribution in [-0.2, 0) is 15.7 Å². The van der Waals surface area contributed by atoms with Gasteiger partial charge in [-0.2, -0.15) is 13.2 Å². The summed E-state index contributed by atoms with van der Waals surface area (Å²) < 4.78 is 54.6. The van der Waals surface area contributed by atoms with Gasteiger partial charge in [0.2, 0.25) is 0 Å². The number of ether oxygens (including phenoxy) is 3. The number of hydrogen-bond acceptors (Lipinski definition) is 4. The Balaban J connectivity index is 1.95. The van der Waals surface area contributed by atoms with Crippen LogP contribution in [-0.4, -0.2) is 19.2 Å². The fourth-order valence-corrected chi connectivity index (χ4v) is 2.95. The van der Waals surface area contributed by atoms with E-state index >= 15 is 0 Å². The van der Waals surface area contributed by atoms with Gasteiger partial charge in [0, 0.05) is 10.8 Å². The molecule has 1 unspecified atom stereocenters. The number of benzene rings is 3. The number of fused-ring (bicyclic) bond motifs is 1. The zero-order chi connectivity index (χ0) is 21.2. The van der Waals surface area contributed by atoms with Crippen molar-refractivity contribution in [3.05, 3.63) is 65.2 Å². The first-order valence-corrected chi connectivity index (χ1v) is 8.89. The summed E-state index contributed by atoms with van der Waals surface area (Å²) in [5.74, 6) is 0.372. The Morgan fingerprint density at radius 2 is 1.59 bits per heavy atom. The van der Waals surface area contributed by atoms with Gasteiger partial charge in [-0.1, -0.05) is 35.9 Å². The van der Waals surface area contributed by atoms with Gasteiger partial charge in [-0.25, -0.2) is 4.79 Å². The minimum Gasteiger partial charge on any atom is -0.478 e. The lowest BCUT2D eigenvalue weighted by molar-refractivity contribution is -0.147. The molecule has 152 valence electrons. The summed E-state index contributed by atoms with van der Waals surface area (Å²) in [5, 5.41) is 1.13. The molecule has 0 amide bonds. The van der Waals surface area contributed by atoms with E-state index in [9.17, 15) is 18.0 Å². The molecule has 0 aromatic heterocycles. The molecule has 3 aromatic carbocycles. The van der Waals surface area contributed by atoms with Crippen molar-refractivity contribution in [3.63, 3.8) is 0 Å². The molecule has 0 aliphatic rings. The van der Waals surface area contributed by atoms with Crippen LogP contribution in [0.1, 0.15) is 12.5 Å². The number of halogens is 4. The maximum absolute atomic E-state index is 12.8. The third kappa shape index (κ3) is 4.56. The summed E-state index contributed by atoms with van der Waals surface area (Å²) >= 11 is 5.99. The first kappa shape index (κ1) is 20.8. The fourth-order valence-electron chi connectivity index (χ4n) is 2.73. The lowest BCUT2D eigenvalue weighted by Gasteiger charge is -2.16. The van der Waals surface area contributed by atoms with Gasteiger partial charge in [-0.15, -0.1) is 0 Å². The highest BCUT2D eigenvalue weighted by Gasteiger charge is 2.31. The smallest absolute Gasteiger partial charge is 0.416 e. The predicted octanol–water partition coefficient (Wildman–Crippen LogP) is 6.24. The quantitative estimate of drug-likeness (QED) is 0.454. The number of carbonyl (C=O) groups is 1. The van der Waals surface area contributed by atoms with E-state index in [1.54, 1.807) is 43.3 Å². The van der Waals surface area contributed by atoms with Crippen LogP contribution in [0.2, 0.25) is 5.02 Å². The predicted molar refractivity (Wildman–Crippen MR) is 103 cm³/mol. The number of carbonyl (C=O) groups excluding carboxylic acids is 1. The standard InChI is InChI=1S/C21H16ClF3O4/c1-12(20(26)27-2)28-17-7-3-6-15-14(17)5-4-8-18(15)29-19-10-9-13(11-16(19)22)21(23,24)25/h3-12H,1-2H3. The highest BCUT2D eigenvalue weighted by Crippen LogP contribution is 2.39. The van der Waals surface area contributed by atoms with Crippen molar-refractivity contribution in [2.24, 2.45) is 0 Å².